The summed E-state index contributed by atoms with van der Waals surface area (Å²) in [6.45, 7) is 9.72. The van der Waals surface area contributed by atoms with Gasteiger partial charge in [0.25, 0.3) is 0 Å². The van der Waals surface area contributed by atoms with Crippen LogP contribution < -0.4 is 9.62 Å². The molecule has 1 atom stereocenters. The Bertz CT molecular complexity index is 1130. The van der Waals surface area contributed by atoms with Crippen molar-refractivity contribution in [2.24, 2.45) is 5.92 Å². The zero-order valence-corrected chi connectivity index (χ0v) is 23.3. The fourth-order valence-corrected chi connectivity index (χ4v) is 4.83. The third-order valence-electron chi connectivity index (χ3n) is 5.99. The van der Waals surface area contributed by atoms with Gasteiger partial charge in [-0.3, -0.25) is 9.59 Å². The lowest BCUT2D eigenvalue weighted by Crippen LogP contribution is -2.53. The monoisotopic (exact) mass is 516 g/mol. The zero-order chi connectivity index (χ0) is 27.0. The number of aryl methyl sites for hydroxylation is 2. The second-order valence-corrected chi connectivity index (χ2v) is 11.8. The molecule has 0 saturated heterocycles. The highest BCUT2D eigenvalue weighted by atomic mass is 32.2. The van der Waals surface area contributed by atoms with Crippen molar-refractivity contribution in [3.05, 3.63) is 65.2 Å². The van der Waals surface area contributed by atoms with Crippen molar-refractivity contribution in [2.75, 3.05) is 38.0 Å². The van der Waals surface area contributed by atoms with Crippen molar-refractivity contribution in [1.29, 1.82) is 0 Å². The third kappa shape index (κ3) is 7.80. The maximum absolute atomic E-state index is 13.7. The Kier molecular flexibility index (Phi) is 10.5. The van der Waals surface area contributed by atoms with Crippen LogP contribution in [0.4, 0.5) is 5.69 Å². The van der Waals surface area contributed by atoms with E-state index in [1.807, 2.05) is 70.2 Å². The molecule has 0 spiro atoms. The van der Waals surface area contributed by atoms with E-state index >= 15 is 0 Å². The van der Waals surface area contributed by atoms with Crippen LogP contribution in [0.25, 0.3) is 0 Å². The minimum atomic E-state index is -3.98. The van der Waals surface area contributed by atoms with Crippen LogP contribution in [-0.2, 0) is 26.2 Å². The Morgan fingerprint density at radius 3 is 2.19 bits per heavy atom. The number of rotatable bonds is 12. The van der Waals surface area contributed by atoms with E-state index in [0.29, 0.717) is 18.7 Å². The number of benzene rings is 2. The highest BCUT2D eigenvalue weighted by molar-refractivity contribution is 7.90. The molecule has 8 nitrogen and oxygen atoms in total. The van der Waals surface area contributed by atoms with Gasteiger partial charge in [-0.05, 0) is 55.9 Å². The number of carbonyl (C=O) groups is 2. The first-order valence-electron chi connectivity index (χ1n) is 12.2. The van der Waals surface area contributed by atoms with Crippen LogP contribution in [0.15, 0.2) is 48.5 Å². The molecule has 0 bridgehead atoms. The molecule has 0 radical (unpaired) electrons. The second kappa shape index (κ2) is 12.9. The highest BCUT2D eigenvalue weighted by Crippen LogP contribution is 2.25. The van der Waals surface area contributed by atoms with E-state index < -0.39 is 28.7 Å². The maximum Gasteiger partial charge on any atom is 0.304 e. The number of hydrogen-bond donors (Lipinski definition) is 1. The molecule has 2 amide bonds. The van der Waals surface area contributed by atoms with Gasteiger partial charge < -0.3 is 10.2 Å². The summed E-state index contributed by atoms with van der Waals surface area (Å²) in [5.41, 5.74) is 3.08. The molecular weight excluding hydrogens is 476 g/mol. The summed E-state index contributed by atoms with van der Waals surface area (Å²) in [6.07, 6.45) is 0.540. The summed E-state index contributed by atoms with van der Waals surface area (Å²) in [7, 11) is -1.10. The Morgan fingerprint density at radius 2 is 1.61 bits per heavy atom. The van der Waals surface area contributed by atoms with Gasteiger partial charge in [-0.15, -0.1) is 0 Å². The van der Waals surface area contributed by atoms with Crippen LogP contribution in [0, 0.1) is 19.8 Å². The van der Waals surface area contributed by atoms with Crippen molar-refractivity contribution >= 4 is 27.7 Å². The summed E-state index contributed by atoms with van der Waals surface area (Å²) < 4.78 is 28.9. The molecule has 0 aliphatic heterocycles. The number of amides is 2. The normalized spacial score (nSPS) is 12.5. The topological polar surface area (TPSA) is 90.0 Å². The van der Waals surface area contributed by atoms with Crippen molar-refractivity contribution in [2.45, 2.75) is 47.1 Å². The average Bonchev–Trinajstić information content (AvgIpc) is 2.83. The molecule has 9 heteroatoms. The smallest absolute Gasteiger partial charge is 0.304 e. The predicted octanol–water partition coefficient (Wildman–Crippen LogP) is 3.15. The summed E-state index contributed by atoms with van der Waals surface area (Å²) in [6, 6.07) is 14.4. The van der Waals surface area contributed by atoms with Gasteiger partial charge in [-0.1, -0.05) is 56.3 Å². The lowest BCUT2D eigenvalue weighted by Gasteiger charge is -2.33. The number of nitrogens with one attached hydrogen (secondary N) is 1. The van der Waals surface area contributed by atoms with Gasteiger partial charge in [0.1, 0.15) is 12.6 Å². The zero-order valence-electron chi connectivity index (χ0n) is 22.5. The largest absolute Gasteiger partial charge is 0.354 e. The van der Waals surface area contributed by atoms with E-state index in [-0.39, 0.29) is 18.4 Å². The maximum atomic E-state index is 13.7. The predicted molar refractivity (Wildman–Crippen MR) is 145 cm³/mol. The van der Waals surface area contributed by atoms with Gasteiger partial charge in [-0.25, -0.2) is 4.31 Å². The van der Waals surface area contributed by atoms with E-state index in [1.165, 1.54) is 19.0 Å². The highest BCUT2D eigenvalue weighted by Gasteiger charge is 2.33. The van der Waals surface area contributed by atoms with Gasteiger partial charge >= 0.3 is 10.2 Å². The molecule has 0 aliphatic carbocycles. The minimum absolute atomic E-state index is 0.264. The molecule has 0 aliphatic rings. The van der Waals surface area contributed by atoms with E-state index in [4.69, 9.17) is 0 Å². The van der Waals surface area contributed by atoms with E-state index in [9.17, 15) is 18.0 Å². The van der Waals surface area contributed by atoms with Crippen LogP contribution >= 0.6 is 0 Å². The van der Waals surface area contributed by atoms with Crippen LogP contribution in [0.3, 0.4) is 0 Å². The lowest BCUT2D eigenvalue weighted by molar-refractivity contribution is -0.138. The number of nitrogens with zero attached hydrogens (tertiary/aromatic N) is 3. The number of hydrogen-bond acceptors (Lipinski definition) is 4. The number of carbonyl (C=O) groups excluding carboxylic acids is 2. The van der Waals surface area contributed by atoms with Gasteiger partial charge in [0.05, 0.1) is 5.69 Å². The van der Waals surface area contributed by atoms with Crippen LogP contribution in [0.2, 0.25) is 0 Å². The molecule has 1 N–H and O–H groups in total. The molecule has 0 unspecified atom stereocenters. The molecule has 198 valence electrons. The first kappa shape index (κ1) is 29.3. The average molecular weight is 517 g/mol. The fraction of sp³-hybridized carbons (Fsp3) is 0.481. The number of anilines is 1. The van der Waals surface area contributed by atoms with Crippen LogP contribution in [-0.4, -0.2) is 69.2 Å². The summed E-state index contributed by atoms with van der Waals surface area (Å²) in [5.74, 6) is -0.442. The molecule has 0 saturated carbocycles. The SMILES string of the molecule is Cc1ccc(C)c(N(CC(=O)N(CCc2ccccc2)[C@H](C)C(=O)NCC(C)C)S(=O)(=O)N(C)C)c1. The van der Waals surface area contributed by atoms with Crippen molar-refractivity contribution in [3.8, 4) is 0 Å². The van der Waals surface area contributed by atoms with Gasteiger partial charge in [-0.2, -0.15) is 12.7 Å². The Labute approximate surface area is 216 Å². The fourth-order valence-electron chi connectivity index (χ4n) is 3.71. The van der Waals surface area contributed by atoms with Gasteiger partial charge in [0.2, 0.25) is 11.8 Å². The molecule has 2 aromatic rings. The molecular formula is C27H40N4O4S. The summed E-state index contributed by atoms with van der Waals surface area (Å²) in [5, 5.41) is 2.89. The standard InChI is InChI=1S/C27H40N4O4S/c1-20(2)18-28-27(33)23(5)30(16-15-24-11-9-8-10-12-24)26(32)19-31(36(34,35)29(6)7)25-17-21(3)13-14-22(25)4/h8-14,17,20,23H,15-16,18-19H2,1-7H3,(H,28,33)/t23-/m1/s1. The molecule has 0 aromatic heterocycles. The molecule has 2 aromatic carbocycles. The van der Waals surface area contributed by atoms with Gasteiger partial charge in [0, 0.05) is 27.2 Å². The quantitative estimate of drug-likeness (QED) is 0.469. The van der Waals surface area contributed by atoms with Crippen molar-refractivity contribution < 1.29 is 18.0 Å². The minimum Gasteiger partial charge on any atom is -0.354 e. The molecule has 36 heavy (non-hydrogen) atoms. The Hall–Kier alpha value is -2.91. The first-order chi connectivity index (χ1) is 16.8. The first-order valence-corrected chi connectivity index (χ1v) is 13.6. The van der Waals surface area contributed by atoms with Crippen molar-refractivity contribution in [1.82, 2.24) is 14.5 Å². The van der Waals surface area contributed by atoms with E-state index in [1.54, 1.807) is 13.0 Å². The summed E-state index contributed by atoms with van der Waals surface area (Å²) in [4.78, 5) is 28.1. The second-order valence-electron chi connectivity index (χ2n) is 9.72. The van der Waals surface area contributed by atoms with Crippen molar-refractivity contribution in [3.63, 3.8) is 0 Å². The summed E-state index contributed by atoms with van der Waals surface area (Å²) >= 11 is 0. The molecule has 0 fully saturated rings. The van der Waals surface area contributed by atoms with Crippen LogP contribution in [0.1, 0.15) is 37.5 Å². The Balaban J connectivity index is 2.41. The lowest BCUT2D eigenvalue weighted by atomic mass is 10.1. The molecule has 0 heterocycles. The van der Waals surface area contributed by atoms with E-state index in [0.717, 1.165) is 25.3 Å². The van der Waals surface area contributed by atoms with Crippen LogP contribution in [0.5, 0.6) is 0 Å². The van der Waals surface area contributed by atoms with E-state index in [2.05, 4.69) is 5.32 Å². The molecule has 2 rings (SSSR count). The third-order valence-corrected chi connectivity index (χ3v) is 7.79. The Morgan fingerprint density at radius 1 is 0.972 bits per heavy atom. The van der Waals surface area contributed by atoms with Gasteiger partial charge in [0.15, 0.2) is 0 Å².